The highest BCUT2D eigenvalue weighted by atomic mass is 35.5. The van der Waals surface area contributed by atoms with E-state index in [9.17, 15) is 9.90 Å². The topological polar surface area (TPSA) is 49.8 Å². The highest BCUT2D eigenvalue weighted by Crippen LogP contribution is 2.46. The van der Waals surface area contributed by atoms with E-state index in [1.165, 1.54) is 0 Å². The van der Waals surface area contributed by atoms with Crippen molar-refractivity contribution in [2.75, 3.05) is 0 Å². The molecule has 0 aliphatic carbocycles. The molecule has 2 aliphatic rings. The molecular formula is C21H22ClNO3. The molecule has 2 fully saturated rings. The Balaban J connectivity index is 1.45. The van der Waals surface area contributed by atoms with E-state index in [0.717, 1.165) is 24.0 Å². The van der Waals surface area contributed by atoms with Gasteiger partial charge in [-0.2, -0.15) is 0 Å². The van der Waals surface area contributed by atoms with E-state index in [4.69, 9.17) is 16.3 Å². The molecule has 2 bridgehead atoms. The summed E-state index contributed by atoms with van der Waals surface area (Å²) in [6.07, 6.45) is 2.60. The fourth-order valence-electron chi connectivity index (χ4n) is 4.31. The first kappa shape index (κ1) is 17.4. The maximum absolute atomic E-state index is 12.6. The molecule has 5 heteroatoms. The Morgan fingerprint density at radius 1 is 1.08 bits per heavy atom. The van der Waals surface area contributed by atoms with Crippen molar-refractivity contribution in [2.45, 2.75) is 50.0 Å². The van der Waals surface area contributed by atoms with Gasteiger partial charge in [-0.3, -0.25) is 0 Å². The third-order valence-electron chi connectivity index (χ3n) is 5.56. The minimum atomic E-state index is -0.910. The first-order valence-electron chi connectivity index (χ1n) is 9.03. The first-order valence-corrected chi connectivity index (χ1v) is 9.40. The second kappa shape index (κ2) is 6.93. The summed E-state index contributed by atoms with van der Waals surface area (Å²) in [5.41, 5.74) is 0.936. The fourth-order valence-corrected chi connectivity index (χ4v) is 4.44. The number of ether oxygens (including phenoxy) is 1. The van der Waals surface area contributed by atoms with Gasteiger partial charge in [-0.05, 0) is 36.1 Å². The van der Waals surface area contributed by atoms with Gasteiger partial charge in [0.15, 0.2) is 0 Å². The van der Waals surface area contributed by atoms with E-state index < -0.39 is 5.60 Å². The normalized spacial score (nSPS) is 27.4. The van der Waals surface area contributed by atoms with E-state index in [0.29, 0.717) is 17.9 Å². The molecule has 1 unspecified atom stereocenters. The summed E-state index contributed by atoms with van der Waals surface area (Å²) < 4.78 is 5.53. The lowest BCUT2D eigenvalue weighted by Crippen LogP contribution is -2.52. The third-order valence-corrected chi connectivity index (χ3v) is 5.82. The van der Waals surface area contributed by atoms with Gasteiger partial charge >= 0.3 is 6.09 Å². The second-order valence-electron chi connectivity index (χ2n) is 7.28. The van der Waals surface area contributed by atoms with Crippen LogP contribution in [-0.4, -0.2) is 28.2 Å². The van der Waals surface area contributed by atoms with Gasteiger partial charge in [0.2, 0.25) is 0 Å². The zero-order valence-electron chi connectivity index (χ0n) is 14.5. The molecule has 2 saturated heterocycles. The minimum Gasteiger partial charge on any atom is -0.445 e. The lowest BCUT2D eigenvalue weighted by atomic mass is 9.81. The number of fused-ring (bicyclic) bond motifs is 2. The molecule has 4 rings (SSSR count). The number of carbonyl (C=O) groups excluding carboxylic acids is 1. The van der Waals surface area contributed by atoms with Crippen molar-refractivity contribution < 1.29 is 14.6 Å². The Hall–Kier alpha value is -2.04. The van der Waals surface area contributed by atoms with Gasteiger partial charge in [0.1, 0.15) is 6.61 Å². The van der Waals surface area contributed by atoms with Crippen LogP contribution >= 0.6 is 11.6 Å². The van der Waals surface area contributed by atoms with E-state index in [1.807, 2.05) is 47.4 Å². The summed E-state index contributed by atoms with van der Waals surface area (Å²) in [4.78, 5) is 14.5. The van der Waals surface area contributed by atoms with Crippen LogP contribution in [0.15, 0.2) is 54.6 Å². The summed E-state index contributed by atoms with van der Waals surface area (Å²) >= 11 is 5.96. The monoisotopic (exact) mass is 371 g/mol. The van der Waals surface area contributed by atoms with Crippen LogP contribution in [0.3, 0.4) is 0 Å². The van der Waals surface area contributed by atoms with Gasteiger partial charge < -0.3 is 14.7 Å². The molecule has 2 aliphatic heterocycles. The molecule has 0 spiro atoms. The van der Waals surface area contributed by atoms with Crippen molar-refractivity contribution >= 4 is 17.7 Å². The Bertz CT molecular complexity index is 764. The number of aliphatic hydroxyl groups is 1. The van der Waals surface area contributed by atoms with Crippen LogP contribution in [0.4, 0.5) is 4.79 Å². The molecule has 2 aromatic carbocycles. The summed E-state index contributed by atoms with van der Waals surface area (Å²) in [7, 11) is 0. The number of halogens is 1. The van der Waals surface area contributed by atoms with E-state index in [-0.39, 0.29) is 24.8 Å². The highest BCUT2D eigenvalue weighted by molar-refractivity contribution is 6.30. The average molecular weight is 372 g/mol. The van der Waals surface area contributed by atoms with Crippen LogP contribution in [0.5, 0.6) is 0 Å². The standard InChI is InChI=1S/C21H22ClNO3/c22-17-8-6-16(7-9-17)21(25)12-18-10-11-19(13-21)23(18)20(24)26-14-15-4-2-1-3-5-15/h1-9,18-19,25H,10-14H2/t18-,19+,21?. The van der Waals surface area contributed by atoms with Crippen LogP contribution in [0.1, 0.15) is 36.8 Å². The Morgan fingerprint density at radius 3 is 2.31 bits per heavy atom. The molecule has 1 amide bonds. The van der Waals surface area contributed by atoms with E-state index in [2.05, 4.69) is 0 Å². The number of amides is 1. The average Bonchev–Trinajstić information content (AvgIpc) is 2.93. The first-order chi connectivity index (χ1) is 12.5. The maximum atomic E-state index is 12.6. The Morgan fingerprint density at radius 2 is 1.69 bits per heavy atom. The zero-order valence-corrected chi connectivity index (χ0v) is 15.2. The van der Waals surface area contributed by atoms with Gasteiger partial charge in [-0.15, -0.1) is 0 Å². The van der Waals surface area contributed by atoms with Crippen LogP contribution in [0.25, 0.3) is 0 Å². The van der Waals surface area contributed by atoms with Crippen LogP contribution < -0.4 is 0 Å². The van der Waals surface area contributed by atoms with Crippen molar-refractivity contribution in [3.63, 3.8) is 0 Å². The number of hydrogen-bond donors (Lipinski definition) is 1. The summed E-state index contributed by atoms with van der Waals surface area (Å²) in [6.45, 7) is 0.275. The highest BCUT2D eigenvalue weighted by Gasteiger charge is 2.50. The number of nitrogens with zero attached hydrogens (tertiary/aromatic N) is 1. The fraction of sp³-hybridized carbons (Fsp3) is 0.381. The van der Waals surface area contributed by atoms with Crippen LogP contribution in [0, 0.1) is 0 Å². The summed E-state index contributed by atoms with van der Waals surface area (Å²) in [6, 6.07) is 17.1. The molecule has 0 radical (unpaired) electrons. The van der Waals surface area contributed by atoms with Gasteiger partial charge in [-0.1, -0.05) is 54.1 Å². The molecular weight excluding hydrogens is 350 g/mol. The number of piperidine rings is 1. The summed E-state index contributed by atoms with van der Waals surface area (Å²) in [5, 5.41) is 11.9. The van der Waals surface area contributed by atoms with Crippen molar-refractivity contribution in [2.24, 2.45) is 0 Å². The summed E-state index contributed by atoms with van der Waals surface area (Å²) in [5.74, 6) is 0. The van der Waals surface area contributed by atoms with Crippen molar-refractivity contribution in [3.8, 4) is 0 Å². The molecule has 136 valence electrons. The van der Waals surface area contributed by atoms with Crippen molar-refractivity contribution in [1.29, 1.82) is 0 Å². The maximum Gasteiger partial charge on any atom is 0.410 e. The SMILES string of the molecule is O=C(OCc1ccccc1)N1[C@@H]2CC[C@H]1CC(O)(c1ccc(Cl)cc1)C2. The lowest BCUT2D eigenvalue weighted by Gasteiger charge is -2.43. The van der Waals surface area contributed by atoms with Gasteiger partial charge in [0, 0.05) is 29.9 Å². The van der Waals surface area contributed by atoms with E-state index >= 15 is 0 Å². The quantitative estimate of drug-likeness (QED) is 0.864. The molecule has 2 heterocycles. The van der Waals surface area contributed by atoms with Crippen molar-refractivity contribution in [3.05, 3.63) is 70.7 Å². The lowest BCUT2D eigenvalue weighted by molar-refractivity contribution is -0.0536. The predicted molar refractivity (Wildman–Crippen MR) is 99.9 cm³/mol. The van der Waals surface area contributed by atoms with Gasteiger partial charge in [0.05, 0.1) is 5.60 Å². The second-order valence-corrected chi connectivity index (χ2v) is 7.72. The number of carbonyl (C=O) groups is 1. The smallest absolute Gasteiger partial charge is 0.410 e. The van der Waals surface area contributed by atoms with Crippen LogP contribution in [0.2, 0.25) is 5.02 Å². The molecule has 0 aromatic heterocycles. The molecule has 26 heavy (non-hydrogen) atoms. The molecule has 1 N–H and O–H groups in total. The third kappa shape index (κ3) is 3.31. The molecule has 4 nitrogen and oxygen atoms in total. The van der Waals surface area contributed by atoms with Crippen LogP contribution in [-0.2, 0) is 16.9 Å². The largest absolute Gasteiger partial charge is 0.445 e. The predicted octanol–water partition coefficient (Wildman–Crippen LogP) is 4.49. The zero-order chi connectivity index (χ0) is 18.1. The number of benzene rings is 2. The number of rotatable bonds is 3. The Kier molecular flexibility index (Phi) is 4.63. The van der Waals surface area contributed by atoms with Gasteiger partial charge in [0.25, 0.3) is 0 Å². The van der Waals surface area contributed by atoms with E-state index in [1.54, 1.807) is 12.1 Å². The molecule has 0 saturated carbocycles. The number of hydrogen-bond acceptors (Lipinski definition) is 3. The van der Waals surface area contributed by atoms with Crippen molar-refractivity contribution in [1.82, 2.24) is 4.90 Å². The molecule has 2 aromatic rings. The minimum absolute atomic E-state index is 0.0118. The molecule has 3 atom stereocenters. The Labute approximate surface area is 158 Å². The van der Waals surface area contributed by atoms with Gasteiger partial charge in [-0.25, -0.2) is 4.79 Å².